The van der Waals surface area contributed by atoms with Crippen molar-refractivity contribution in [2.75, 3.05) is 26.2 Å². The molecule has 2 aliphatic rings. The fourth-order valence-corrected chi connectivity index (χ4v) is 3.06. The van der Waals surface area contributed by atoms with Crippen LogP contribution in [0.25, 0.3) is 0 Å². The lowest BCUT2D eigenvalue weighted by Crippen LogP contribution is -2.57. The third-order valence-electron chi connectivity index (χ3n) is 4.46. The van der Waals surface area contributed by atoms with E-state index in [0.29, 0.717) is 19.7 Å². The minimum atomic E-state index is -0.399. The molecule has 1 heterocycles. The summed E-state index contributed by atoms with van der Waals surface area (Å²) in [5.74, 6) is 0.168. The second-order valence-electron chi connectivity index (χ2n) is 5.79. The number of piperidine rings is 1. The maximum absolute atomic E-state index is 12.6. The molecule has 3 N–H and O–H groups in total. The Morgan fingerprint density at radius 3 is 2.70 bits per heavy atom. The van der Waals surface area contributed by atoms with Gasteiger partial charge in [-0.3, -0.25) is 4.79 Å². The zero-order chi connectivity index (χ0) is 14.6. The molecule has 0 aromatic rings. The Kier molecular flexibility index (Phi) is 4.86. The van der Waals surface area contributed by atoms with E-state index in [9.17, 15) is 9.59 Å². The molecule has 2 amide bonds. The lowest BCUT2D eigenvalue weighted by molar-refractivity contribution is -0.148. The molecule has 0 bridgehead atoms. The Morgan fingerprint density at radius 2 is 2.15 bits per heavy atom. The number of hydrogen-bond acceptors (Lipinski definition) is 4. The van der Waals surface area contributed by atoms with E-state index in [4.69, 9.17) is 10.5 Å². The van der Waals surface area contributed by atoms with E-state index in [0.717, 1.165) is 38.6 Å². The normalized spacial score (nSPS) is 24.7. The van der Waals surface area contributed by atoms with Crippen molar-refractivity contribution in [1.29, 1.82) is 0 Å². The molecule has 20 heavy (non-hydrogen) atoms. The second-order valence-corrected chi connectivity index (χ2v) is 5.79. The van der Waals surface area contributed by atoms with Gasteiger partial charge in [-0.1, -0.05) is 6.42 Å². The van der Waals surface area contributed by atoms with E-state index in [1.165, 1.54) is 0 Å². The molecule has 1 unspecified atom stereocenters. The van der Waals surface area contributed by atoms with Gasteiger partial charge in [0, 0.05) is 25.7 Å². The lowest BCUT2D eigenvalue weighted by Gasteiger charge is -2.44. The molecule has 0 aromatic carbocycles. The van der Waals surface area contributed by atoms with Gasteiger partial charge in [-0.05, 0) is 32.6 Å². The summed E-state index contributed by atoms with van der Waals surface area (Å²) in [6.07, 6.45) is 4.27. The quantitative estimate of drug-likeness (QED) is 0.801. The first-order valence-corrected chi connectivity index (χ1v) is 7.54. The van der Waals surface area contributed by atoms with Gasteiger partial charge in [-0.2, -0.15) is 0 Å². The van der Waals surface area contributed by atoms with Crippen LogP contribution in [0.1, 0.15) is 39.0 Å². The SMILES string of the molecule is CCOC(=O)NC1CCCN(C(=O)C2(CN)CCC2)C1. The van der Waals surface area contributed by atoms with E-state index in [-0.39, 0.29) is 17.4 Å². The van der Waals surface area contributed by atoms with Crippen LogP contribution in [0.5, 0.6) is 0 Å². The maximum Gasteiger partial charge on any atom is 0.407 e. The third kappa shape index (κ3) is 3.06. The fraction of sp³-hybridized carbons (Fsp3) is 0.857. The summed E-state index contributed by atoms with van der Waals surface area (Å²) < 4.78 is 4.89. The number of alkyl carbamates (subject to hydrolysis) is 1. The summed E-state index contributed by atoms with van der Waals surface area (Å²) >= 11 is 0. The first kappa shape index (κ1) is 15.1. The summed E-state index contributed by atoms with van der Waals surface area (Å²) in [6.45, 7) is 3.90. The number of rotatable bonds is 4. The average Bonchev–Trinajstić information content (AvgIpc) is 2.38. The van der Waals surface area contributed by atoms with Crippen LogP contribution < -0.4 is 11.1 Å². The zero-order valence-electron chi connectivity index (χ0n) is 12.2. The first-order chi connectivity index (χ1) is 9.61. The van der Waals surface area contributed by atoms with Gasteiger partial charge in [-0.25, -0.2) is 4.79 Å². The van der Waals surface area contributed by atoms with Gasteiger partial charge in [0.2, 0.25) is 5.91 Å². The predicted molar refractivity (Wildman–Crippen MR) is 75.1 cm³/mol. The van der Waals surface area contributed by atoms with E-state index in [2.05, 4.69) is 5.32 Å². The highest BCUT2D eigenvalue weighted by atomic mass is 16.5. The van der Waals surface area contributed by atoms with Crippen molar-refractivity contribution in [1.82, 2.24) is 10.2 Å². The van der Waals surface area contributed by atoms with E-state index >= 15 is 0 Å². The third-order valence-corrected chi connectivity index (χ3v) is 4.46. The number of carbonyl (C=O) groups excluding carboxylic acids is 2. The Hall–Kier alpha value is -1.30. The molecule has 1 saturated carbocycles. The number of likely N-dealkylation sites (tertiary alicyclic amines) is 1. The van der Waals surface area contributed by atoms with Crippen molar-refractivity contribution in [2.45, 2.75) is 45.1 Å². The highest BCUT2D eigenvalue weighted by molar-refractivity contribution is 5.84. The number of ether oxygens (including phenoxy) is 1. The Balaban J connectivity index is 1.90. The summed E-state index contributed by atoms with van der Waals surface area (Å²) in [7, 11) is 0. The van der Waals surface area contributed by atoms with Crippen molar-refractivity contribution in [3.8, 4) is 0 Å². The summed E-state index contributed by atoms with van der Waals surface area (Å²) in [4.78, 5) is 25.9. The smallest absolute Gasteiger partial charge is 0.407 e. The monoisotopic (exact) mass is 283 g/mol. The molecule has 2 fully saturated rings. The number of hydrogen-bond donors (Lipinski definition) is 2. The van der Waals surface area contributed by atoms with Crippen molar-refractivity contribution in [3.63, 3.8) is 0 Å². The molecular formula is C14H25N3O3. The lowest BCUT2D eigenvalue weighted by atomic mass is 9.67. The molecule has 1 aliphatic carbocycles. The molecule has 0 spiro atoms. The second kappa shape index (κ2) is 6.43. The number of nitrogens with one attached hydrogen (secondary N) is 1. The van der Waals surface area contributed by atoms with Crippen LogP contribution in [-0.2, 0) is 9.53 Å². The Labute approximate surface area is 120 Å². The fourth-order valence-electron chi connectivity index (χ4n) is 3.06. The van der Waals surface area contributed by atoms with Gasteiger partial charge in [0.1, 0.15) is 0 Å². The molecule has 1 atom stereocenters. The highest BCUT2D eigenvalue weighted by Gasteiger charge is 2.45. The molecule has 1 aliphatic heterocycles. The topological polar surface area (TPSA) is 84.7 Å². The summed E-state index contributed by atoms with van der Waals surface area (Å²) in [5, 5.41) is 2.82. The minimum Gasteiger partial charge on any atom is -0.450 e. The van der Waals surface area contributed by atoms with Crippen LogP contribution in [0.15, 0.2) is 0 Å². The van der Waals surface area contributed by atoms with Crippen LogP contribution in [0.3, 0.4) is 0 Å². The van der Waals surface area contributed by atoms with Gasteiger partial charge in [0.15, 0.2) is 0 Å². The van der Waals surface area contributed by atoms with Gasteiger partial charge in [0.05, 0.1) is 12.0 Å². The van der Waals surface area contributed by atoms with Gasteiger partial charge >= 0.3 is 6.09 Å². The Morgan fingerprint density at radius 1 is 1.40 bits per heavy atom. The van der Waals surface area contributed by atoms with Crippen molar-refractivity contribution < 1.29 is 14.3 Å². The van der Waals surface area contributed by atoms with Crippen molar-refractivity contribution in [2.24, 2.45) is 11.1 Å². The molecule has 6 heteroatoms. The number of nitrogens with zero attached hydrogens (tertiary/aromatic N) is 1. The number of carbonyl (C=O) groups is 2. The molecule has 6 nitrogen and oxygen atoms in total. The zero-order valence-corrected chi connectivity index (χ0v) is 12.2. The molecule has 1 saturated heterocycles. The first-order valence-electron chi connectivity index (χ1n) is 7.54. The highest BCUT2D eigenvalue weighted by Crippen LogP contribution is 2.41. The minimum absolute atomic E-state index is 0.0124. The van der Waals surface area contributed by atoms with Crippen molar-refractivity contribution in [3.05, 3.63) is 0 Å². The van der Waals surface area contributed by atoms with Crippen LogP contribution >= 0.6 is 0 Å². The largest absolute Gasteiger partial charge is 0.450 e. The van der Waals surface area contributed by atoms with E-state index in [1.807, 2.05) is 4.90 Å². The molecule has 2 rings (SSSR count). The van der Waals surface area contributed by atoms with Gasteiger partial charge < -0.3 is 20.7 Å². The van der Waals surface area contributed by atoms with E-state index in [1.54, 1.807) is 6.92 Å². The van der Waals surface area contributed by atoms with Crippen LogP contribution in [0, 0.1) is 5.41 Å². The van der Waals surface area contributed by atoms with Gasteiger partial charge in [-0.15, -0.1) is 0 Å². The standard InChI is InChI=1S/C14H25N3O3/c1-2-20-13(19)16-11-5-3-8-17(9-11)12(18)14(10-15)6-4-7-14/h11H,2-10,15H2,1H3,(H,16,19). The van der Waals surface area contributed by atoms with Gasteiger partial charge in [0.25, 0.3) is 0 Å². The van der Waals surface area contributed by atoms with Crippen LogP contribution in [-0.4, -0.2) is 49.2 Å². The van der Waals surface area contributed by atoms with E-state index < -0.39 is 6.09 Å². The summed E-state index contributed by atoms with van der Waals surface area (Å²) in [6, 6.07) is -0.0124. The average molecular weight is 283 g/mol. The Bertz CT molecular complexity index is 363. The van der Waals surface area contributed by atoms with Crippen LogP contribution in [0.4, 0.5) is 4.79 Å². The van der Waals surface area contributed by atoms with Crippen molar-refractivity contribution >= 4 is 12.0 Å². The molecular weight excluding hydrogens is 258 g/mol. The number of nitrogens with two attached hydrogens (primary N) is 1. The molecule has 114 valence electrons. The molecule has 0 radical (unpaired) electrons. The number of amides is 2. The predicted octanol–water partition coefficient (Wildman–Crippen LogP) is 0.853. The maximum atomic E-state index is 12.6. The summed E-state index contributed by atoms with van der Waals surface area (Å²) in [5.41, 5.74) is 5.47. The molecule has 0 aromatic heterocycles. The van der Waals surface area contributed by atoms with Crippen LogP contribution in [0.2, 0.25) is 0 Å².